The molecule has 0 radical (unpaired) electrons. The molecule has 0 aliphatic heterocycles. The monoisotopic (exact) mass is 351 g/mol. The quantitative estimate of drug-likeness (QED) is 0.820. The summed E-state index contributed by atoms with van der Waals surface area (Å²) >= 11 is 0. The molecule has 2 fully saturated rings. The number of carbonyl (C=O) groups is 1. The number of ether oxygens (including phenoxy) is 2. The molecule has 0 unspecified atom stereocenters. The molecule has 0 amide bonds. The summed E-state index contributed by atoms with van der Waals surface area (Å²) in [4.78, 5) is 11.4. The van der Waals surface area contributed by atoms with Crippen molar-refractivity contribution in [2.75, 3.05) is 7.11 Å². The summed E-state index contributed by atoms with van der Waals surface area (Å²) in [6.45, 7) is 0. The van der Waals surface area contributed by atoms with Crippen LogP contribution in [-0.2, 0) is 4.79 Å². The molecule has 0 spiro atoms. The van der Waals surface area contributed by atoms with Gasteiger partial charge in [-0.2, -0.15) is 5.26 Å². The van der Waals surface area contributed by atoms with Gasteiger partial charge in [-0.3, -0.25) is 4.79 Å². The maximum atomic E-state index is 11.4. The molecule has 0 saturated heterocycles. The first kappa shape index (κ1) is 20.7. The Bertz CT molecular complexity index is 671. The molecule has 26 heavy (non-hydrogen) atoms. The van der Waals surface area contributed by atoms with Crippen molar-refractivity contribution in [3.8, 4) is 17.6 Å². The number of benzene rings is 1. The van der Waals surface area contributed by atoms with Gasteiger partial charge in [0, 0.05) is 0 Å². The summed E-state index contributed by atoms with van der Waals surface area (Å²) in [6, 6.07) is 8.03. The Morgan fingerprint density at radius 1 is 1.19 bits per heavy atom. The van der Waals surface area contributed by atoms with Crippen LogP contribution in [0, 0.1) is 16.7 Å². The second-order valence-corrected chi connectivity index (χ2v) is 7.21. The first-order valence-corrected chi connectivity index (χ1v) is 9.07. The Labute approximate surface area is 166 Å². The van der Waals surface area contributed by atoms with Crippen molar-refractivity contribution < 1.29 is 19.4 Å². The Balaban J connectivity index is 0.00000243. The van der Waals surface area contributed by atoms with Crippen molar-refractivity contribution in [2.45, 2.75) is 63.4 Å². The zero-order valence-electron chi connectivity index (χ0n) is 14.7. The van der Waals surface area contributed by atoms with Gasteiger partial charge in [0.25, 0.3) is 0 Å². The van der Waals surface area contributed by atoms with Gasteiger partial charge in [-0.25, -0.2) is 0 Å². The number of nitriles is 1. The van der Waals surface area contributed by atoms with Gasteiger partial charge in [0.2, 0.25) is 0 Å². The molecule has 2 aliphatic rings. The van der Waals surface area contributed by atoms with Gasteiger partial charge < -0.3 is 14.6 Å². The van der Waals surface area contributed by atoms with Gasteiger partial charge in [0.1, 0.15) is 0 Å². The molecule has 5 nitrogen and oxygen atoms in total. The van der Waals surface area contributed by atoms with E-state index < -0.39 is 11.4 Å². The second kappa shape index (κ2) is 8.85. The third-order valence-corrected chi connectivity index (χ3v) is 5.72. The van der Waals surface area contributed by atoms with Crippen LogP contribution in [-0.4, -0.2) is 43.2 Å². The van der Waals surface area contributed by atoms with Crippen LogP contribution < -0.4 is 9.47 Å². The van der Waals surface area contributed by atoms with Gasteiger partial charge in [-0.15, -0.1) is 0 Å². The number of methoxy groups -OCH3 is 1. The molecule has 0 bridgehead atoms. The molecule has 1 aromatic rings. The normalized spacial score (nSPS) is 25.8. The number of hydrogen-bond acceptors (Lipinski definition) is 4. The van der Waals surface area contributed by atoms with Crippen LogP contribution in [0.4, 0.5) is 0 Å². The van der Waals surface area contributed by atoms with Crippen LogP contribution in [0.25, 0.3) is 0 Å². The molecule has 3 rings (SSSR count). The van der Waals surface area contributed by atoms with Crippen LogP contribution in [0.5, 0.6) is 11.5 Å². The molecule has 0 heterocycles. The predicted octanol–water partition coefficient (Wildman–Crippen LogP) is 3.62. The van der Waals surface area contributed by atoms with Crippen LogP contribution in [0.1, 0.15) is 62.8 Å². The zero-order valence-corrected chi connectivity index (χ0v) is 14.7. The van der Waals surface area contributed by atoms with Crippen LogP contribution in [0.3, 0.4) is 0 Å². The topological polar surface area (TPSA) is 79.5 Å². The van der Waals surface area contributed by atoms with Crippen molar-refractivity contribution in [1.29, 1.82) is 5.26 Å². The van der Waals surface area contributed by atoms with E-state index in [0.717, 1.165) is 29.9 Å². The average molecular weight is 351 g/mol. The van der Waals surface area contributed by atoms with E-state index in [1.165, 1.54) is 12.8 Å². The average Bonchev–Trinajstić information content (AvgIpc) is 3.14. The molecule has 6 heteroatoms. The van der Waals surface area contributed by atoms with Gasteiger partial charge >= 0.3 is 24.8 Å². The summed E-state index contributed by atoms with van der Waals surface area (Å²) in [6.07, 6.45) is 7.04. The van der Waals surface area contributed by atoms with Crippen LogP contribution in [0.2, 0.25) is 0 Å². The summed E-state index contributed by atoms with van der Waals surface area (Å²) in [5, 5.41) is 18.6. The summed E-state index contributed by atoms with van der Waals surface area (Å²) in [7, 11) is 1.64. The van der Waals surface area contributed by atoms with Crippen LogP contribution in [0.15, 0.2) is 18.2 Å². The third kappa shape index (κ3) is 4.19. The molecule has 0 aromatic heterocycles. The Hall–Kier alpha value is -1.62. The zero-order chi connectivity index (χ0) is 17.9. The number of rotatable bonds is 5. The number of nitrogens with zero attached hydrogens (tertiary/aromatic N) is 1. The van der Waals surface area contributed by atoms with Crippen molar-refractivity contribution in [1.82, 2.24) is 0 Å². The SMILES string of the molecule is COc1ccc(C2CCC(C#N)(C(=O)O)CC2)cc1OC1CCCC1.[LiH]. The number of hydrogen-bond donors (Lipinski definition) is 1. The number of carboxylic acid groups (broad SMARTS) is 1. The van der Waals surface area contributed by atoms with E-state index in [4.69, 9.17) is 9.47 Å². The fourth-order valence-electron chi connectivity index (χ4n) is 4.04. The Morgan fingerprint density at radius 3 is 2.38 bits per heavy atom. The van der Waals surface area contributed by atoms with E-state index in [1.807, 2.05) is 24.3 Å². The Morgan fingerprint density at radius 2 is 1.85 bits per heavy atom. The standard InChI is InChI=1S/C20H25NO4.Li.H/c1-24-17-7-6-15(12-18(17)25-16-4-2-3-5-16)14-8-10-20(13-21,11-9-14)19(22)23;;/h6-7,12,14,16H,2-5,8-11H2,1H3,(H,22,23);;. The Kier molecular flexibility index (Phi) is 7.04. The van der Waals surface area contributed by atoms with Gasteiger partial charge in [0.05, 0.1) is 19.3 Å². The molecular weight excluding hydrogens is 325 g/mol. The van der Waals surface area contributed by atoms with E-state index in [1.54, 1.807) is 7.11 Å². The minimum absolute atomic E-state index is 0. The number of aliphatic carboxylic acids is 1. The predicted molar refractivity (Wildman–Crippen MR) is 99.9 cm³/mol. The molecule has 136 valence electrons. The van der Waals surface area contributed by atoms with E-state index >= 15 is 0 Å². The summed E-state index contributed by atoms with van der Waals surface area (Å²) < 4.78 is 11.6. The van der Waals surface area contributed by atoms with Gasteiger partial charge in [-0.05, 0) is 75.0 Å². The first-order valence-electron chi connectivity index (χ1n) is 9.07. The van der Waals surface area contributed by atoms with E-state index in [9.17, 15) is 15.2 Å². The van der Waals surface area contributed by atoms with E-state index in [2.05, 4.69) is 0 Å². The fraction of sp³-hybridized carbons (Fsp3) is 0.600. The maximum absolute atomic E-state index is 11.4. The first-order chi connectivity index (χ1) is 12.1. The van der Waals surface area contributed by atoms with Crippen molar-refractivity contribution in [3.63, 3.8) is 0 Å². The molecule has 1 N–H and O–H groups in total. The molecule has 1 aromatic carbocycles. The van der Waals surface area contributed by atoms with Crippen molar-refractivity contribution in [3.05, 3.63) is 23.8 Å². The van der Waals surface area contributed by atoms with Crippen LogP contribution >= 0.6 is 0 Å². The molecular formula is C20H26LiNO4. The van der Waals surface area contributed by atoms with Gasteiger partial charge in [-0.1, -0.05) is 6.07 Å². The van der Waals surface area contributed by atoms with E-state index in [-0.39, 0.29) is 30.9 Å². The second-order valence-electron chi connectivity index (χ2n) is 7.21. The molecule has 0 atom stereocenters. The van der Waals surface area contributed by atoms with Crippen molar-refractivity contribution >= 4 is 24.8 Å². The summed E-state index contributed by atoms with van der Waals surface area (Å²) in [5.41, 5.74) is -0.0719. The molecule has 2 saturated carbocycles. The third-order valence-electron chi connectivity index (χ3n) is 5.72. The fourth-order valence-corrected chi connectivity index (χ4v) is 4.04. The summed E-state index contributed by atoms with van der Waals surface area (Å²) in [5.74, 6) is 0.789. The van der Waals surface area contributed by atoms with E-state index in [0.29, 0.717) is 25.7 Å². The van der Waals surface area contributed by atoms with Gasteiger partial charge in [0.15, 0.2) is 16.9 Å². The molecule has 2 aliphatic carbocycles. The van der Waals surface area contributed by atoms with Crippen molar-refractivity contribution in [2.24, 2.45) is 5.41 Å². The number of carboxylic acids is 1. The minimum atomic E-state index is -1.22.